The first-order chi connectivity index (χ1) is 11.4. The molecule has 0 unspecified atom stereocenters. The van der Waals surface area contributed by atoms with Crippen LogP contribution >= 0.6 is 0 Å². The number of imidazole rings is 1. The summed E-state index contributed by atoms with van der Waals surface area (Å²) in [5.74, 6) is 0. The summed E-state index contributed by atoms with van der Waals surface area (Å²) in [6.45, 7) is 0.927. The fraction of sp³-hybridized carbons (Fsp3) is 0.105. The van der Waals surface area contributed by atoms with Crippen molar-refractivity contribution in [1.82, 2.24) is 19.5 Å². The first-order valence-electron chi connectivity index (χ1n) is 7.64. The highest BCUT2D eigenvalue weighted by atomic mass is 15.0. The minimum absolute atomic E-state index is 0.927. The van der Waals surface area contributed by atoms with Crippen LogP contribution in [-0.2, 0) is 13.0 Å². The van der Waals surface area contributed by atoms with Gasteiger partial charge in [-0.05, 0) is 34.9 Å². The fourth-order valence-electron chi connectivity index (χ4n) is 2.84. The fourth-order valence-corrected chi connectivity index (χ4v) is 2.84. The van der Waals surface area contributed by atoms with Crippen molar-refractivity contribution in [3.05, 3.63) is 79.3 Å². The first kappa shape index (κ1) is 13.6. The van der Waals surface area contributed by atoms with E-state index in [4.69, 9.17) is 0 Å². The molecule has 4 nitrogen and oxygen atoms in total. The van der Waals surface area contributed by atoms with Crippen molar-refractivity contribution in [2.24, 2.45) is 0 Å². The highest BCUT2D eigenvalue weighted by Gasteiger charge is 2.05. The molecule has 0 saturated carbocycles. The van der Waals surface area contributed by atoms with Crippen LogP contribution in [0.3, 0.4) is 0 Å². The van der Waals surface area contributed by atoms with E-state index < -0.39 is 0 Å². The maximum Gasteiger partial charge on any atom is 0.116 e. The molecule has 2 aromatic carbocycles. The summed E-state index contributed by atoms with van der Waals surface area (Å²) >= 11 is 0. The van der Waals surface area contributed by atoms with E-state index in [0.717, 1.165) is 24.2 Å². The second-order valence-electron chi connectivity index (χ2n) is 5.50. The number of hydrogen-bond acceptors (Lipinski definition) is 3. The van der Waals surface area contributed by atoms with Crippen LogP contribution in [0.15, 0.2) is 73.7 Å². The number of nitrogens with zero attached hydrogens (tertiary/aromatic N) is 4. The van der Waals surface area contributed by atoms with Crippen LogP contribution in [0.5, 0.6) is 0 Å². The second-order valence-corrected chi connectivity index (χ2v) is 5.50. The Labute approximate surface area is 134 Å². The van der Waals surface area contributed by atoms with Crippen molar-refractivity contribution in [3.8, 4) is 11.3 Å². The smallest absolute Gasteiger partial charge is 0.116 e. The summed E-state index contributed by atoms with van der Waals surface area (Å²) in [7, 11) is 0. The van der Waals surface area contributed by atoms with E-state index in [9.17, 15) is 0 Å². The van der Waals surface area contributed by atoms with Gasteiger partial charge in [0.2, 0.25) is 0 Å². The molecule has 0 saturated heterocycles. The summed E-state index contributed by atoms with van der Waals surface area (Å²) in [6.07, 6.45) is 10.0. The standard InChI is InChI=1S/C19H16N4/c1-2-15-4-5-17(19-6-8-20-13-22-19)12-18(15)16(3-1)7-10-23-11-9-21-14-23/h1-6,8-9,11-14H,7,10H2. The van der Waals surface area contributed by atoms with Gasteiger partial charge in [-0.2, -0.15) is 0 Å². The van der Waals surface area contributed by atoms with Gasteiger partial charge in [-0.15, -0.1) is 0 Å². The van der Waals surface area contributed by atoms with Crippen molar-refractivity contribution in [3.63, 3.8) is 0 Å². The average Bonchev–Trinajstić information content (AvgIpc) is 3.14. The third kappa shape index (κ3) is 2.83. The number of fused-ring (bicyclic) bond motifs is 1. The predicted octanol–water partition coefficient (Wildman–Crippen LogP) is 3.74. The summed E-state index contributed by atoms with van der Waals surface area (Å²) in [5.41, 5.74) is 3.41. The van der Waals surface area contributed by atoms with Crippen LogP contribution in [0, 0.1) is 0 Å². The molecule has 23 heavy (non-hydrogen) atoms. The van der Waals surface area contributed by atoms with Gasteiger partial charge in [0.05, 0.1) is 12.0 Å². The van der Waals surface area contributed by atoms with Gasteiger partial charge in [0.15, 0.2) is 0 Å². The van der Waals surface area contributed by atoms with Crippen LogP contribution < -0.4 is 0 Å². The van der Waals surface area contributed by atoms with Gasteiger partial charge in [0.1, 0.15) is 6.33 Å². The molecule has 0 aliphatic carbocycles. The van der Waals surface area contributed by atoms with Crippen molar-refractivity contribution in [2.45, 2.75) is 13.0 Å². The Morgan fingerprint density at radius 1 is 0.957 bits per heavy atom. The summed E-state index contributed by atoms with van der Waals surface area (Å²) in [6, 6.07) is 14.9. The van der Waals surface area contributed by atoms with Crippen molar-refractivity contribution in [1.29, 1.82) is 0 Å². The molecule has 4 rings (SSSR count). The quantitative estimate of drug-likeness (QED) is 0.576. The highest BCUT2D eigenvalue weighted by Crippen LogP contribution is 2.26. The van der Waals surface area contributed by atoms with E-state index in [1.165, 1.54) is 16.3 Å². The Balaban J connectivity index is 1.72. The van der Waals surface area contributed by atoms with Gasteiger partial charge in [-0.3, -0.25) is 0 Å². The highest BCUT2D eigenvalue weighted by molar-refractivity contribution is 5.89. The van der Waals surface area contributed by atoms with Crippen molar-refractivity contribution in [2.75, 3.05) is 0 Å². The Hall–Kier alpha value is -3.01. The van der Waals surface area contributed by atoms with E-state index in [2.05, 4.69) is 55.9 Å². The molecule has 0 aliphatic heterocycles. The first-order valence-corrected chi connectivity index (χ1v) is 7.64. The number of benzene rings is 2. The molecule has 112 valence electrons. The van der Waals surface area contributed by atoms with Gasteiger partial charge in [0, 0.05) is 30.7 Å². The Bertz CT molecular complexity index is 915. The molecule has 4 heteroatoms. The second kappa shape index (κ2) is 6.01. The molecule has 0 fully saturated rings. The minimum atomic E-state index is 0.927. The maximum absolute atomic E-state index is 4.35. The molecule has 4 aromatic rings. The topological polar surface area (TPSA) is 43.6 Å². The SMILES string of the molecule is c1cc(CCn2ccnc2)c2cc(-c3ccncn3)ccc2c1. The maximum atomic E-state index is 4.35. The van der Waals surface area contributed by atoms with Crippen molar-refractivity contribution < 1.29 is 0 Å². The van der Waals surface area contributed by atoms with Crippen LogP contribution in [0.25, 0.3) is 22.0 Å². The zero-order valence-corrected chi connectivity index (χ0v) is 12.6. The van der Waals surface area contributed by atoms with Crippen LogP contribution in [-0.4, -0.2) is 19.5 Å². The summed E-state index contributed by atoms with van der Waals surface area (Å²) in [4.78, 5) is 12.4. The Morgan fingerprint density at radius 3 is 2.78 bits per heavy atom. The van der Waals surface area contributed by atoms with E-state index in [0.29, 0.717) is 0 Å². The molecule has 0 aliphatic rings. The molecule has 0 spiro atoms. The van der Waals surface area contributed by atoms with E-state index in [1.807, 2.05) is 24.8 Å². The van der Waals surface area contributed by atoms with Crippen LogP contribution in [0.4, 0.5) is 0 Å². The number of aryl methyl sites for hydroxylation is 2. The largest absolute Gasteiger partial charge is 0.337 e. The zero-order chi connectivity index (χ0) is 15.5. The third-order valence-corrected chi connectivity index (χ3v) is 4.05. The van der Waals surface area contributed by atoms with E-state index in [1.54, 1.807) is 12.5 Å². The molecule has 0 atom stereocenters. The summed E-state index contributed by atoms with van der Waals surface area (Å²) in [5, 5.41) is 2.54. The van der Waals surface area contributed by atoms with E-state index in [-0.39, 0.29) is 0 Å². The number of aromatic nitrogens is 4. The molecule has 2 heterocycles. The van der Waals surface area contributed by atoms with Gasteiger partial charge in [0.25, 0.3) is 0 Å². The molecule has 0 amide bonds. The predicted molar refractivity (Wildman–Crippen MR) is 90.9 cm³/mol. The normalized spacial score (nSPS) is 11.0. The average molecular weight is 300 g/mol. The molecular formula is C19H16N4. The van der Waals surface area contributed by atoms with Crippen LogP contribution in [0.2, 0.25) is 0 Å². The Morgan fingerprint density at radius 2 is 1.96 bits per heavy atom. The molecule has 0 radical (unpaired) electrons. The number of hydrogen-bond donors (Lipinski definition) is 0. The van der Waals surface area contributed by atoms with Gasteiger partial charge in [-0.1, -0.05) is 30.3 Å². The van der Waals surface area contributed by atoms with Crippen molar-refractivity contribution >= 4 is 10.8 Å². The lowest BCUT2D eigenvalue weighted by Gasteiger charge is -2.09. The third-order valence-electron chi connectivity index (χ3n) is 4.05. The van der Waals surface area contributed by atoms with E-state index >= 15 is 0 Å². The monoisotopic (exact) mass is 300 g/mol. The lowest BCUT2D eigenvalue weighted by atomic mass is 9.99. The summed E-state index contributed by atoms with van der Waals surface area (Å²) < 4.78 is 2.10. The van der Waals surface area contributed by atoms with Gasteiger partial charge < -0.3 is 4.57 Å². The minimum Gasteiger partial charge on any atom is -0.337 e. The molecular weight excluding hydrogens is 284 g/mol. The zero-order valence-electron chi connectivity index (χ0n) is 12.6. The Kier molecular flexibility index (Phi) is 3.56. The molecule has 0 N–H and O–H groups in total. The molecule has 2 aromatic heterocycles. The number of rotatable bonds is 4. The lowest BCUT2D eigenvalue weighted by Crippen LogP contribution is -1.99. The van der Waals surface area contributed by atoms with Gasteiger partial charge >= 0.3 is 0 Å². The molecule has 0 bridgehead atoms. The lowest BCUT2D eigenvalue weighted by molar-refractivity contribution is 0.698. The van der Waals surface area contributed by atoms with Gasteiger partial charge in [-0.25, -0.2) is 15.0 Å². The van der Waals surface area contributed by atoms with Crippen LogP contribution in [0.1, 0.15) is 5.56 Å².